The first kappa shape index (κ1) is 47.7. The predicted octanol–water partition coefficient (Wildman–Crippen LogP) is 19.6. The van der Waals surface area contributed by atoms with E-state index in [1.807, 2.05) is 85.8 Å². The third-order valence-corrected chi connectivity index (χ3v) is 16.5. The van der Waals surface area contributed by atoms with Gasteiger partial charge in [0, 0.05) is 77.6 Å². The minimum atomic E-state index is -4.70. The maximum atomic E-state index is 15.2. The third-order valence-electron chi connectivity index (χ3n) is 16.5. The minimum Gasteiger partial charge on any atom is -0.333 e. The topological polar surface area (TPSA) is 18.0 Å². The van der Waals surface area contributed by atoms with Gasteiger partial charge in [-0.25, -0.2) is 0 Å². The van der Waals surface area contributed by atoms with Crippen LogP contribution >= 0.6 is 0 Å². The van der Waals surface area contributed by atoms with Crippen LogP contribution in [-0.4, -0.2) is 19.7 Å². The van der Waals surface area contributed by atoms with E-state index in [9.17, 15) is 0 Å². The molecule has 0 N–H and O–H groups in total. The van der Waals surface area contributed by atoms with Crippen molar-refractivity contribution in [1.82, 2.24) is 13.7 Å². The number of benzene rings is 10. The van der Waals surface area contributed by atoms with Gasteiger partial charge in [-0.15, -0.1) is 0 Å². The Morgan fingerprint density at radius 3 is 1.50 bits per heavy atom. The molecule has 0 fully saturated rings. The molecular formula is C70H46F6N4. The fourth-order valence-corrected chi connectivity index (χ4v) is 13.3. The van der Waals surface area contributed by atoms with Crippen molar-refractivity contribution in [3.8, 4) is 39.3 Å². The molecule has 3 aromatic heterocycles. The van der Waals surface area contributed by atoms with Gasteiger partial charge in [-0.3, -0.25) is 0 Å². The Labute approximate surface area is 455 Å². The van der Waals surface area contributed by atoms with Gasteiger partial charge in [-0.05, 0) is 102 Å². The lowest BCUT2D eigenvalue weighted by atomic mass is 9.88. The Morgan fingerprint density at radius 1 is 0.412 bits per heavy atom. The molecule has 0 amide bonds. The molecule has 4 heterocycles. The highest BCUT2D eigenvalue weighted by Gasteiger charge is 2.41. The third kappa shape index (κ3) is 7.03. The summed E-state index contributed by atoms with van der Waals surface area (Å²) in [7, 11) is 0. The van der Waals surface area contributed by atoms with Gasteiger partial charge in [0.25, 0.3) is 0 Å². The molecule has 388 valence electrons. The van der Waals surface area contributed by atoms with Gasteiger partial charge in [-0.2, -0.15) is 26.3 Å². The molecule has 0 saturated carbocycles. The molecule has 1 aliphatic heterocycles. The van der Waals surface area contributed by atoms with E-state index in [0.717, 1.165) is 106 Å². The Bertz CT molecular complexity index is 4750. The van der Waals surface area contributed by atoms with Crippen LogP contribution in [0.2, 0.25) is 0 Å². The lowest BCUT2D eigenvalue weighted by Crippen LogP contribution is -2.28. The Hall–Kier alpha value is -9.54. The first-order valence-electron chi connectivity index (χ1n) is 26.8. The van der Waals surface area contributed by atoms with Crippen LogP contribution in [0.25, 0.3) is 105 Å². The zero-order valence-corrected chi connectivity index (χ0v) is 42.9. The molecule has 2 atom stereocenters. The number of nitrogens with zero attached hydrogens (tertiary/aromatic N) is 4. The van der Waals surface area contributed by atoms with Crippen molar-refractivity contribution >= 4 is 76.8 Å². The second-order valence-corrected chi connectivity index (χ2v) is 20.8. The fraction of sp³-hybridized carbons (Fsp3) is 0.0857. The largest absolute Gasteiger partial charge is 0.416 e. The molecule has 2 aliphatic rings. The van der Waals surface area contributed by atoms with E-state index >= 15 is 26.3 Å². The van der Waals surface area contributed by atoms with Crippen LogP contribution in [0.3, 0.4) is 0 Å². The summed E-state index contributed by atoms with van der Waals surface area (Å²) in [5.41, 5.74) is 11.0. The molecule has 4 nitrogen and oxygen atoms in total. The number of hydrogen-bond donors (Lipinski definition) is 0. The van der Waals surface area contributed by atoms with E-state index in [1.165, 1.54) is 24.3 Å². The maximum Gasteiger partial charge on any atom is 0.416 e. The number of anilines is 2. The van der Waals surface area contributed by atoms with E-state index in [2.05, 4.69) is 128 Å². The number of hydrogen-bond acceptors (Lipinski definition) is 1. The van der Waals surface area contributed by atoms with Crippen LogP contribution < -0.4 is 4.90 Å². The summed E-state index contributed by atoms with van der Waals surface area (Å²) in [6.45, 7) is 2.04. The van der Waals surface area contributed by atoms with Crippen molar-refractivity contribution in [1.29, 1.82) is 0 Å². The number of alkyl halides is 6. The Morgan fingerprint density at radius 2 is 0.912 bits per heavy atom. The van der Waals surface area contributed by atoms with E-state index in [1.54, 1.807) is 12.1 Å². The van der Waals surface area contributed by atoms with Crippen molar-refractivity contribution in [2.24, 2.45) is 0 Å². The first-order chi connectivity index (χ1) is 39.0. The first-order valence-corrected chi connectivity index (χ1v) is 26.8. The van der Waals surface area contributed by atoms with E-state index in [4.69, 9.17) is 0 Å². The molecule has 2 unspecified atom stereocenters. The van der Waals surface area contributed by atoms with Gasteiger partial charge in [0.2, 0.25) is 0 Å². The van der Waals surface area contributed by atoms with Gasteiger partial charge in [0.1, 0.15) is 0 Å². The maximum absolute atomic E-state index is 15.2. The summed E-state index contributed by atoms with van der Waals surface area (Å²) < 4.78 is 97.8. The van der Waals surface area contributed by atoms with Crippen molar-refractivity contribution in [3.05, 3.63) is 259 Å². The highest BCUT2D eigenvalue weighted by Crippen LogP contribution is 2.55. The number of aromatic nitrogens is 3. The lowest BCUT2D eigenvalue weighted by molar-refractivity contribution is -0.138. The molecule has 1 aliphatic carbocycles. The second-order valence-electron chi connectivity index (χ2n) is 20.8. The molecule has 13 aromatic rings. The van der Waals surface area contributed by atoms with Gasteiger partial charge in [-0.1, -0.05) is 159 Å². The number of rotatable bonds is 7. The Balaban J connectivity index is 1.18. The average molecular weight is 1060 g/mol. The molecule has 15 rings (SSSR count). The van der Waals surface area contributed by atoms with Gasteiger partial charge in [0.15, 0.2) is 0 Å². The van der Waals surface area contributed by atoms with Crippen LogP contribution in [0.15, 0.2) is 237 Å². The van der Waals surface area contributed by atoms with Crippen LogP contribution in [0, 0.1) is 0 Å². The van der Waals surface area contributed by atoms with Crippen LogP contribution in [0.1, 0.15) is 35.1 Å². The monoisotopic (exact) mass is 1060 g/mol. The van der Waals surface area contributed by atoms with Crippen molar-refractivity contribution in [2.45, 2.75) is 37.7 Å². The SMILES string of the molecule is CCc1c(-n2c3ccccc3c3ccc4c(c32)C2C=CC=CC2N4c2ccccc2)c(-c2cccc(C(F)(F)F)c2)cc(-c2cccc(C(F)(F)F)c2)c1-n1c2ccccc2c2ccc3c(c4ccccc4n3-c3ccccc3)c21. The molecule has 10 aromatic carbocycles. The van der Waals surface area contributed by atoms with Gasteiger partial charge >= 0.3 is 12.4 Å². The predicted molar refractivity (Wildman–Crippen MR) is 313 cm³/mol. The average Bonchev–Trinajstić information content (AvgIpc) is 4.26. The molecule has 0 saturated heterocycles. The normalized spacial score (nSPS) is 15.4. The van der Waals surface area contributed by atoms with E-state index in [-0.39, 0.29) is 23.1 Å². The summed E-state index contributed by atoms with van der Waals surface area (Å²) in [5, 5.41) is 5.69. The quantitative estimate of drug-likeness (QED) is 0.146. The fourth-order valence-electron chi connectivity index (χ4n) is 13.3. The molecular weight excluding hydrogens is 1010 g/mol. The van der Waals surface area contributed by atoms with E-state index in [0.29, 0.717) is 28.9 Å². The molecule has 10 heteroatoms. The van der Waals surface area contributed by atoms with Crippen molar-refractivity contribution in [2.75, 3.05) is 4.90 Å². The molecule has 0 spiro atoms. The Kier molecular flexibility index (Phi) is 10.6. The van der Waals surface area contributed by atoms with Crippen LogP contribution in [0.4, 0.5) is 37.7 Å². The highest BCUT2D eigenvalue weighted by molar-refractivity contribution is 6.26. The highest BCUT2D eigenvalue weighted by atomic mass is 19.4. The number of fused-ring (bicyclic) bond motifs is 14. The zero-order chi connectivity index (χ0) is 54.2. The standard InChI is InChI=1S/C70H46F6N4/c1-2-48-65(79-57-31-13-9-27-49(57)51-35-37-61-63(67(51)79)53-29-11-15-33-59(53)77(61)46-23-5-3-6-24-46)55(42-19-17-21-44(39-42)69(71,72)73)41-56(43-20-18-22-45(40-43)70(74,75)76)66(48)80-58-32-14-10-28-50(58)52-36-38-62-64(68(52)80)54-30-12-16-34-60(54)78(62)47-25-7-4-8-26-47/h3-41,53,59H,2H2,1H3. The van der Waals surface area contributed by atoms with Crippen molar-refractivity contribution in [3.63, 3.8) is 0 Å². The number of halogens is 6. The summed E-state index contributed by atoms with van der Waals surface area (Å²) >= 11 is 0. The summed E-state index contributed by atoms with van der Waals surface area (Å²) in [6.07, 6.45) is -0.477. The second kappa shape index (κ2) is 17.7. The summed E-state index contributed by atoms with van der Waals surface area (Å²) in [5.74, 6) is -0.138. The summed E-state index contributed by atoms with van der Waals surface area (Å²) in [6, 6.07) is 66.1. The van der Waals surface area contributed by atoms with Crippen LogP contribution in [0.5, 0.6) is 0 Å². The van der Waals surface area contributed by atoms with Crippen molar-refractivity contribution < 1.29 is 26.3 Å². The number of para-hydroxylation sites is 5. The molecule has 80 heavy (non-hydrogen) atoms. The lowest BCUT2D eigenvalue weighted by Gasteiger charge is -2.28. The smallest absolute Gasteiger partial charge is 0.333 e. The zero-order valence-electron chi connectivity index (χ0n) is 42.9. The number of allylic oxidation sites excluding steroid dienone is 2. The van der Waals surface area contributed by atoms with E-state index < -0.39 is 23.5 Å². The molecule has 0 bridgehead atoms. The molecule has 0 radical (unpaired) electrons. The summed E-state index contributed by atoms with van der Waals surface area (Å²) in [4.78, 5) is 2.37. The van der Waals surface area contributed by atoms with Crippen LogP contribution in [-0.2, 0) is 18.8 Å². The van der Waals surface area contributed by atoms with Gasteiger partial charge in [0.05, 0.1) is 61.6 Å². The minimum absolute atomic E-state index is 0.0973. The van der Waals surface area contributed by atoms with Gasteiger partial charge < -0.3 is 18.6 Å².